The molecule has 0 aliphatic carbocycles. The number of alkyl halides is 2. The monoisotopic (exact) mass is 454 g/mol. The van der Waals surface area contributed by atoms with Crippen LogP contribution in [0.25, 0.3) is 0 Å². The van der Waals surface area contributed by atoms with Gasteiger partial charge < -0.3 is 20.5 Å². The normalized spacial score (nSPS) is 13.2. The Kier molecular flexibility index (Phi) is 8.14. The Morgan fingerprint density at radius 3 is 2.06 bits per heavy atom. The van der Waals surface area contributed by atoms with Gasteiger partial charge in [0, 0.05) is 19.6 Å². The van der Waals surface area contributed by atoms with E-state index in [1.807, 2.05) is 30.3 Å². The first-order chi connectivity index (χ1) is 15.8. The summed E-state index contributed by atoms with van der Waals surface area (Å²) in [6.45, 7) is 0.408. The van der Waals surface area contributed by atoms with Crippen molar-refractivity contribution in [2.45, 2.75) is 37.6 Å². The molecule has 0 saturated carbocycles. The third kappa shape index (κ3) is 6.60. The number of halogens is 2. The SMILES string of the molecule is CN(Cc1ccccc1)C(=O)C(F)(F)C(O)C(N)Cc1ccc(OCc2ccccc2)cc1. The number of nitrogens with zero attached hydrogens (tertiary/aromatic N) is 1. The van der Waals surface area contributed by atoms with Gasteiger partial charge in [-0.2, -0.15) is 8.78 Å². The van der Waals surface area contributed by atoms with Gasteiger partial charge in [0.25, 0.3) is 5.91 Å². The number of benzene rings is 3. The molecule has 5 nitrogen and oxygen atoms in total. The minimum absolute atomic E-state index is 0.00165. The molecule has 2 atom stereocenters. The second kappa shape index (κ2) is 11.0. The number of carbonyl (C=O) groups is 1. The van der Waals surface area contributed by atoms with Crippen molar-refractivity contribution >= 4 is 5.91 Å². The van der Waals surface area contributed by atoms with E-state index < -0.39 is 24.0 Å². The fourth-order valence-corrected chi connectivity index (χ4v) is 3.43. The fourth-order valence-electron chi connectivity index (χ4n) is 3.43. The molecule has 3 rings (SSSR count). The lowest BCUT2D eigenvalue weighted by atomic mass is 9.97. The molecule has 0 aromatic heterocycles. The summed E-state index contributed by atoms with van der Waals surface area (Å²) in [7, 11) is 1.27. The number of amides is 1. The number of hydrogen-bond acceptors (Lipinski definition) is 4. The zero-order chi connectivity index (χ0) is 23.8. The van der Waals surface area contributed by atoms with Crippen LogP contribution in [-0.2, 0) is 24.4 Å². The molecule has 3 aromatic rings. The Hall–Kier alpha value is -3.29. The Morgan fingerprint density at radius 2 is 1.48 bits per heavy atom. The van der Waals surface area contributed by atoms with Crippen LogP contribution < -0.4 is 10.5 Å². The average molecular weight is 455 g/mol. The van der Waals surface area contributed by atoms with Gasteiger partial charge >= 0.3 is 5.92 Å². The number of aliphatic hydroxyl groups is 1. The van der Waals surface area contributed by atoms with E-state index in [1.54, 1.807) is 54.6 Å². The molecular formula is C26H28F2N2O3. The lowest BCUT2D eigenvalue weighted by Gasteiger charge is -2.30. The van der Waals surface area contributed by atoms with Crippen molar-refractivity contribution in [3.05, 3.63) is 102 Å². The smallest absolute Gasteiger partial charge is 0.351 e. The van der Waals surface area contributed by atoms with Gasteiger partial charge in [0.2, 0.25) is 0 Å². The van der Waals surface area contributed by atoms with E-state index in [1.165, 1.54) is 7.05 Å². The Balaban J connectivity index is 1.55. The van der Waals surface area contributed by atoms with Gasteiger partial charge in [-0.05, 0) is 35.2 Å². The number of rotatable bonds is 10. The molecule has 3 aromatic carbocycles. The molecule has 2 unspecified atom stereocenters. The van der Waals surface area contributed by atoms with Crippen LogP contribution in [0.2, 0.25) is 0 Å². The zero-order valence-electron chi connectivity index (χ0n) is 18.4. The van der Waals surface area contributed by atoms with E-state index in [-0.39, 0.29) is 13.0 Å². The van der Waals surface area contributed by atoms with Crippen molar-refractivity contribution in [2.24, 2.45) is 5.73 Å². The van der Waals surface area contributed by atoms with Crippen LogP contribution in [0.5, 0.6) is 5.75 Å². The minimum Gasteiger partial charge on any atom is -0.489 e. The molecule has 0 heterocycles. The Labute approximate surface area is 192 Å². The molecule has 0 bridgehead atoms. The first kappa shape index (κ1) is 24.4. The summed E-state index contributed by atoms with van der Waals surface area (Å²) in [6.07, 6.45) is -2.34. The van der Waals surface area contributed by atoms with Gasteiger partial charge in [-0.25, -0.2) is 0 Å². The van der Waals surface area contributed by atoms with Crippen LogP contribution in [0, 0.1) is 0 Å². The largest absolute Gasteiger partial charge is 0.489 e. The molecule has 174 valence electrons. The van der Waals surface area contributed by atoms with E-state index in [9.17, 15) is 18.7 Å². The van der Waals surface area contributed by atoms with Gasteiger partial charge in [-0.1, -0.05) is 72.8 Å². The van der Waals surface area contributed by atoms with Crippen LogP contribution in [0.15, 0.2) is 84.9 Å². The van der Waals surface area contributed by atoms with Crippen molar-refractivity contribution in [3.8, 4) is 5.75 Å². The summed E-state index contributed by atoms with van der Waals surface area (Å²) < 4.78 is 35.1. The molecule has 3 N–H and O–H groups in total. The van der Waals surface area contributed by atoms with Gasteiger partial charge in [-0.15, -0.1) is 0 Å². The maximum atomic E-state index is 14.7. The zero-order valence-corrected chi connectivity index (χ0v) is 18.4. The van der Waals surface area contributed by atoms with E-state index >= 15 is 0 Å². The second-order valence-corrected chi connectivity index (χ2v) is 8.00. The molecule has 33 heavy (non-hydrogen) atoms. The van der Waals surface area contributed by atoms with Gasteiger partial charge in [0.05, 0.1) is 0 Å². The van der Waals surface area contributed by atoms with Crippen molar-refractivity contribution in [1.29, 1.82) is 0 Å². The lowest BCUT2D eigenvalue weighted by Crippen LogP contribution is -2.56. The number of hydrogen-bond donors (Lipinski definition) is 2. The maximum absolute atomic E-state index is 14.7. The average Bonchev–Trinajstić information content (AvgIpc) is 2.83. The van der Waals surface area contributed by atoms with E-state index in [0.29, 0.717) is 23.5 Å². The minimum atomic E-state index is -4.01. The van der Waals surface area contributed by atoms with Gasteiger partial charge in [-0.3, -0.25) is 4.79 Å². The highest BCUT2D eigenvalue weighted by Crippen LogP contribution is 2.26. The molecular weight excluding hydrogens is 426 g/mol. The van der Waals surface area contributed by atoms with Gasteiger partial charge in [0.15, 0.2) is 0 Å². The quantitative estimate of drug-likeness (QED) is 0.489. The maximum Gasteiger partial charge on any atom is 0.351 e. The summed E-state index contributed by atoms with van der Waals surface area (Å²) in [4.78, 5) is 13.2. The molecule has 0 fully saturated rings. The highest BCUT2D eigenvalue weighted by molar-refractivity contribution is 5.84. The van der Waals surface area contributed by atoms with Crippen LogP contribution in [0.4, 0.5) is 8.78 Å². The predicted octanol–water partition coefficient (Wildman–Crippen LogP) is 3.79. The number of nitrogens with two attached hydrogens (primary N) is 1. The molecule has 0 spiro atoms. The summed E-state index contributed by atoms with van der Waals surface area (Å²) in [5, 5.41) is 10.2. The summed E-state index contributed by atoms with van der Waals surface area (Å²) in [5.74, 6) is -4.86. The topological polar surface area (TPSA) is 75.8 Å². The predicted molar refractivity (Wildman–Crippen MR) is 123 cm³/mol. The molecule has 0 saturated heterocycles. The molecule has 0 radical (unpaired) electrons. The van der Waals surface area contributed by atoms with Crippen LogP contribution in [0.3, 0.4) is 0 Å². The third-order valence-electron chi connectivity index (χ3n) is 5.31. The van der Waals surface area contributed by atoms with Crippen molar-refractivity contribution in [2.75, 3.05) is 7.05 Å². The number of aliphatic hydroxyl groups excluding tert-OH is 1. The van der Waals surface area contributed by atoms with E-state index in [2.05, 4.69) is 0 Å². The van der Waals surface area contributed by atoms with E-state index in [0.717, 1.165) is 10.5 Å². The molecule has 1 amide bonds. The number of carbonyl (C=O) groups excluding carboxylic acids is 1. The van der Waals surface area contributed by atoms with E-state index in [4.69, 9.17) is 10.5 Å². The summed E-state index contributed by atoms with van der Waals surface area (Å²) in [6, 6.07) is 24.0. The summed E-state index contributed by atoms with van der Waals surface area (Å²) in [5.41, 5.74) is 8.24. The first-order valence-corrected chi connectivity index (χ1v) is 10.6. The van der Waals surface area contributed by atoms with Gasteiger partial charge in [0.1, 0.15) is 18.5 Å². The highest BCUT2D eigenvalue weighted by atomic mass is 19.3. The molecule has 7 heteroatoms. The standard InChI is InChI=1S/C26H28F2N2O3/c1-30(17-20-8-4-2-5-9-20)25(32)26(27,28)24(31)23(29)16-19-12-14-22(15-13-19)33-18-21-10-6-3-7-11-21/h2-15,23-24,31H,16-18,29H2,1H3. The summed E-state index contributed by atoms with van der Waals surface area (Å²) >= 11 is 0. The van der Waals surface area contributed by atoms with Crippen LogP contribution >= 0.6 is 0 Å². The first-order valence-electron chi connectivity index (χ1n) is 10.6. The van der Waals surface area contributed by atoms with Crippen LogP contribution in [-0.4, -0.2) is 41.0 Å². The fraction of sp³-hybridized carbons (Fsp3) is 0.269. The Bertz CT molecular complexity index is 1010. The van der Waals surface area contributed by atoms with Crippen molar-refractivity contribution < 1.29 is 23.4 Å². The Morgan fingerprint density at radius 1 is 0.939 bits per heavy atom. The highest BCUT2D eigenvalue weighted by Gasteiger charge is 2.50. The number of ether oxygens (including phenoxy) is 1. The van der Waals surface area contributed by atoms with Crippen molar-refractivity contribution in [3.63, 3.8) is 0 Å². The lowest BCUT2D eigenvalue weighted by molar-refractivity contribution is -0.176. The molecule has 0 aliphatic rings. The third-order valence-corrected chi connectivity index (χ3v) is 5.31. The van der Waals surface area contributed by atoms with Crippen LogP contribution in [0.1, 0.15) is 16.7 Å². The van der Waals surface area contributed by atoms with Crippen molar-refractivity contribution in [1.82, 2.24) is 4.90 Å². The second-order valence-electron chi connectivity index (χ2n) is 8.00. The molecule has 0 aliphatic heterocycles.